The zero-order valence-corrected chi connectivity index (χ0v) is 6.59. The van der Waals surface area contributed by atoms with E-state index in [1.165, 1.54) is 7.97 Å². The van der Waals surface area contributed by atoms with Gasteiger partial charge in [0.1, 0.15) is 11.2 Å². The fourth-order valence-corrected chi connectivity index (χ4v) is 1.76. The lowest BCUT2D eigenvalue weighted by Gasteiger charge is -1.71. The summed E-state index contributed by atoms with van der Waals surface area (Å²) < 4.78 is 10.8. The van der Waals surface area contributed by atoms with Gasteiger partial charge in [0.25, 0.3) is 0 Å². The first-order valence-corrected chi connectivity index (χ1v) is 6.57. The van der Waals surface area contributed by atoms with Gasteiger partial charge in [-0.05, 0) is 7.97 Å². The maximum atomic E-state index is 10.8. The normalized spacial score (nSPS) is 8.40. The molecule has 0 spiro atoms. The molecule has 0 aromatic heterocycles. The van der Waals surface area contributed by atoms with Gasteiger partial charge in [0.2, 0.25) is 0 Å². The minimum Gasteiger partial charge on any atom is -0.152 e. The maximum Gasteiger partial charge on any atom is 0.127 e. The van der Waals surface area contributed by atoms with E-state index in [1.807, 2.05) is 21.2 Å². The summed E-state index contributed by atoms with van der Waals surface area (Å²) in [5, 5.41) is 0. The molecule has 0 bridgehead atoms. The summed E-state index contributed by atoms with van der Waals surface area (Å²) in [6.45, 7) is 0. The highest BCUT2D eigenvalue weighted by atomic mass is 127. The third kappa shape index (κ3) is 5.71. The highest BCUT2D eigenvalue weighted by Crippen LogP contribution is 2.39. The minimum atomic E-state index is 0.274. The molecule has 5 heavy (non-hydrogen) atoms. The Balaban J connectivity index is 2.19. The molecule has 0 rings (SSSR count). The van der Waals surface area contributed by atoms with Crippen molar-refractivity contribution in [3.63, 3.8) is 0 Å². The van der Waals surface area contributed by atoms with Gasteiger partial charge in [0.05, 0.1) is 0 Å². The first-order chi connectivity index (χ1) is 2.41. The monoisotopic (exact) mass is 242 g/mol. The van der Waals surface area contributed by atoms with Crippen molar-refractivity contribution >= 4 is 50.2 Å². The van der Waals surface area contributed by atoms with Crippen LogP contribution in [0, 0.1) is 0 Å². The first kappa shape index (κ1) is 6.71. The van der Waals surface area contributed by atoms with Gasteiger partial charge in [-0.25, -0.2) is 0 Å². The molecule has 0 aliphatic rings. The zero-order chi connectivity index (χ0) is 4.12. The summed E-state index contributed by atoms with van der Waals surface area (Å²) >= 11 is 2.28. The molecule has 0 aromatic rings. The maximum absolute atomic E-state index is 10.8. The summed E-state index contributed by atoms with van der Waals surface area (Å²) in [4.78, 5) is 0. The second-order valence-electron chi connectivity index (χ2n) is 0.194. The number of rotatable bonds is 2. The summed E-state index contributed by atoms with van der Waals surface area (Å²) in [5.74, 6) is 0. The van der Waals surface area contributed by atoms with Crippen LogP contribution in [0.3, 0.4) is 0 Å². The molecule has 0 saturated carbocycles. The van der Waals surface area contributed by atoms with Crippen LogP contribution in [0.5, 0.6) is 0 Å². The van der Waals surface area contributed by atoms with Gasteiger partial charge in [0.15, 0.2) is 0 Å². The SMILES string of the molecule is FSSSI. The summed E-state index contributed by atoms with van der Waals surface area (Å²) in [7, 11) is 2.49. The van der Waals surface area contributed by atoms with E-state index >= 15 is 0 Å². The first-order valence-electron chi connectivity index (χ1n) is 0.642. The second kappa shape index (κ2) is 5.71. The van der Waals surface area contributed by atoms with E-state index in [0.717, 1.165) is 9.83 Å². The Morgan fingerprint density at radius 2 is 2.20 bits per heavy atom. The molecule has 0 heterocycles. The third-order valence-electron chi connectivity index (χ3n) is 0.0514. The highest BCUT2D eigenvalue weighted by molar-refractivity contribution is 14.2. The smallest absolute Gasteiger partial charge is 0.127 e. The van der Waals surface area contributed by atoms with Crippen LogP contribution in [0.4, 0.5) is 3.89 Å². The van der Waals surface area contributed by atoms with Crippen molar-refractivity contribution in [1.82, 2.24) is 0 Å². The molecule has 0 saturated heterocycles. The van der Waals surface area contributed by atoms with Crippen LogP contribution < -0.4 is 0 Å². The van der Waals surface area contributed by atoms with E-state index in [4.69, 9.17) is 0 Å². The molecule has 0 aromatic carbocycles. The zero-order valence-electron chi connectivity index (χ0n) is 1.98. The Morgan fingerprint density at radius 3 is 2.20 bits per heavy atom. The molecule has 0 aliphatic heterocycles. The van der Waals surface area contributed by atoms with Crippen LogP contribution in [-0.4, -0.2) is 0 Å². The number of hydrogen-bond acceptors (Lipinski definition) is 3. The molecule has 0 amide bonds. The molecule has 0 nitrogen and oxygen atoms in total. The average molecular weight is 242 g/mol. The predicted molar refractivity (Wildman–Crippen MR) is 37.9 cm³/mol. The van der Waals surface area contributed by atoms with Gasteiger partial charge in [-0.3, -0.25) is 0 Å². The number of halogens is 2. The van der Waals surface area contributed by atoms with Crippen molar-refractivity contribution < 1.29 is 3.89 Å². The molecule has 32 valence electrons. The third-order valence-corrected chi connectivity index (χ3v) is 5.35. The van der Waals surface area contributed by atoms with Gasteiger partial charge in [-0.15, -0.1) is 0 Å². The second-order valence-corrected chi connectivity index (χ2v) is 6.21. The van der Waals surface area contributed by atoms with Gasteiger partial charge in [-0.1, -0.05) is 0 Å². The fourth-order valence-electron chi connectivity index (χ4n) is 0.00972. The topological polar surface area (TPSA) is 0 Å². The largest absolute Gasteiger partial charge is 0.152 e. The molecule has 0 fully saturated rings. The minimum absolute atomic E-state index is 0.274. The lowest BCUT2D eigenvalue weighted by Crippen LogP contribution is -1.09. The van der Waals surface area contributed by atoms with Gasteiger partial charge >= 0.3 is 0 Å². The molecule has 0 unspecified atom stereocenters. The van der Waals surface area contributed by atoms with Crippen molar-refractivity contribution in [1.29, 1.82) is 0 Å². The lowest BCUT2D eigenvalue weighted by molar-refractivity contribution is 0.954. The molecule has 0 radical (unpaired) electrons. The van der Waals surface area contributed by atoms with E-state index in [0.29, 0.717) is 0 Å². The Labute approximate surface area is 53.7 Å². The van der Waals surface area contributed by atoms with Crippen LogP contribution in [0.2, 0.25) is 0 Å². The molecular formula is FIS3. The van der Waals surface area contributed by atoms with Crippen molar-refractivity contribution in [2.24, 2.45) is 0 Å². The van der Waals surface area contributed by atoms with Crippen molar-refractivity contribution in [3.05, 3.63) is 0 Å². The van der Waals surface area contributed by atoms with Crippen LogP contribution >= 0.6 is 50.2 Å². The Kier molecular flexibility index (Phi) is 7.66. The van der Waals surface area contributed by atoms with Gasteiger partial charge in [0, 0.05) is 31.0 Å². The van der Waals surface area contributed by atoms with Gasteiger partial charge < -0.3 is 0 Å². The fraction of sp³-hybridized carbons (Fsp3) is 0. The molecule has 0 atom stereocenters. The summed E-state index contributed by atoms with van der Waals surface area (Å²) in [6, 6.07) is 0. The Bertz CT molecular complexity index is 14.4. The molecule has 0 aliphatic carbocycles. The highest BCUT2D eigenvalue weighted by Gasteiger charge is 1.76. The van der Waals surface area contributed by atoms with Crippen LogP contribution in [-0.2, 0) is 0 Å². The van der Waals surface area contributed by atoms with E-state index in [9.17, 15) is 3.89 Å². The number of hydrogen-bond donors (Lipinski definition) is 0. The van der Waals surface area contributed by atoms with E-state index < -0.39 is 0 Å². The molecular weight excluding hydrogens is 242 g/mol. The standard InChI is InChI=1S/FIS3/c1-3-5-4-2. The molecule has 0 N–H and O–H groups in total. The van der Waals surface area contributed by atoms with Crippen LogP contribution in [0.15, 0.2) is 0 Å². The van der Waals surface area contributed by atoms with Crippen molar-refractivity contribution in [2.75, 3.05) is 0 Å². The Morgan fingerprint density at radius 1 is 1.60 bits per heavy atom. The van der Waals surface area contributed by atoms with Crippen LogP contribution in [0.25, 0.3) is 0 Å². The predicted octanol–water partition coefficient (Wildman–Crippen LogP) is 3.25. The van der Waals surface area contributed by atoms with Crippen molar-refractivity contribution in [2.45, 2.75) is 0 Å². The average Bonchev–Trinajstić information content (AvgIpc) is 1.41. The molecule has 5 heteroatoms. The quantitative estimate of drug-likeness (QED) is 0.538. The van der Waals surface area contributed by atoms with E-state index in [-0.39, 0.29) is 11.2 Å². The lowest BCUT2D eigenvalue weighted by atomic mass is 18.9. The summed E-state index contributed by atoms with van der Waals surface area (Å²) in [6.07, 6.45) is 0. The van der Waals surface area contributed by atoms with Crippen LogP contribution in [0.1, 0.15) is 0 Å². The van der Waals surface area contributed by atoms with E-state index in [2.05, 4.69) is 0 Å². The summed E-state index contributed by atoms with van der Waals surface area (Å²) in [5.41, 5.74) is 0. The van der Waals surface area contributed by atoms with E-state index in [1.54, 1.807) is 0 Å². The van der Waals surface area contributed by atoms with Crippen molar-refractivity contribution in [3.8, 4) is 0 Å². The Hall–Kier alpha value is 1.71. The van der Waals surface area contributed by atoms with Gasteiger partial charge in [-0.2, -0.15) is 3.89 Å².